The molecule has 0 heterocycles. The van der Waals surface area contributed by atoms with Crippen LogP contribution >= 0.6 is 35.6 Å². The van der Waals surface area contributed by atoms with Crippen LogP contribution in [0.2, 0.25) is 10.0 Å². The van der Waals surface area contributed by atoms with Crippen LogP contribution in [-0.4, -0.2) is 19.1 Å². The van der Waals surface area contributed by atoms with Crippen LogP contribution in [0.15, 0.2) is 42.5 Å². The molecule has 0 spiro atoms. The molecule has 4 nitrogen and oxygen atoms in total. The minimum Gasteiger partial charge on any atom is -0.492 e. The van der Waals surface area contributed by atoms with Crippen LogP contribution in [0.25, 0.3) is 0 Å². The Balaban J connectivity index is 0.00000312. The summed E-state index contributed by atoms with van der Waals surface area (Å²) in [7, 11) is 0. The summed E-state index contributed by atoms with van der Waals surface area (Å²) < 4.78 is 5.56. The number of rotatable bonds is 8. The van der Waals surface area contributed by atoms with Gasteiger partial charge >= 0.3 is 0 Å². The first kappa shape index (κ1) is 21.4. The van der Waals surface area contributed by atoms with Gasteiger partial charge in [0.15, 0.2) is 0 Å². The van der Waals surface area contributed by atoms with Crippen LogP contribution in [0.4, 0.5) is 5.69 Å². The van der Waals surface area contributed by atoms with Gasteiger partial charge in [-0.25, -0.2) is 0 Å². The lowest BCUT2D eigenvalue weighted by Gasteiger charge is -2.09. The van der Waals surface area contributed by atoms with Crippen molar-refractivity contribution in [1.29, 1.82) is 0 Å². The topological polar surface area (TPSA) is 64.4 Å². The maximum Gasteiger partial charge on any atom is 0.220 e. The molecule has 0 aliphatic heterocycles. The van der Waals surface area contributed by atoms with Gasteiger partial charge in [-0.1, -0.05) is 41.4 Å². The number of hydrogen-bond acceptors (Lipinski definition) is 3. The molecular weight excluding hydrogens is 383 g/mol. The van der Waals surface area contributed by atoms with Crippen LogP contribution in [-0.2, 0) is 11.2 Å². The molecule has 0 aromatic heterocycles. The third-order valence-electron chi connectivity index (χ3n) is 3.47. The lowest BCUT2D eigenvalue weighted by atomic mass is 10.1. The van der Waals surface area contributed by atoms with Crippen molar-refractivity contribution in [2.45, 2.75) is 19.3 Å². The lowest BCUT2D eigenvalue weighted by molar-refractivity contribution is -0.121. The van der Waals surface area contributed by atoms with Gasteiger partial charge in [0.2, 0.25) is 5.91 Å². The summed E-state index contributed by atoms with van der Waals surface area (Å²) in [5.74, 6) is 0.592. The fourth-order valence-electron chi connectivity index (χ4n) is 2.17. The van der Waals surface area contributed by atoms with Gasteiger partial charge in [-0.05, 0) is 42.7 Å². The molecule has 136 valence electrons. The van der Waals surface area contributed by atoms with Gasteiger partial charge < -0.3 is 15.8 Å². The largest absolute Gasteiger partial charge is 0.492 e. The number of ether oxygens (including phenoxy) is 1. The van der Waals surface area contributed by atoms with E-state index in [9.17, 15) is 4.79 Å². The summed E-state index contributed by atoms with van der Waals surface area (Å²) in [6, 6.07) is 12.7. The van der Waals surface area contributed by atoms with Gasteiger partial charge in [0.25, 0.3) is 0 Å². The number of halogens is 3. The highest BCUT2D eigenvalue weighted by Gasteiger charge is 2.05. The van der Waals surface area contributed by atoms with Crippen LogP contribution in [0.5, 0.6) is 5.75 Å². The van der Waals surface area contributed by atoms with E-state index in [1.165, 1.54) is 0 Å². The van der Waals surface area contributed by atoms with E-state index in [0.29, 0.717) is 48.2 Å². The fourth-order valence-corrected chi connectivity index (χ4v) is 2.64. The first-order valence-electron chi connectivity index (χ1n) is 7.74. The van der Waals surface area contributed by atoms with E-state index in [4.69, 9.17) is 33.7 Å². The third kappa shape index (κ3) is 7.43. The van der Waals surface area contributed by atoms with Crippen molar-refractivity contribution < 1.29 is 9.53 Å². The number of nitrogens with one attached hydrogen (secondary N) is 1. The van der Waals surface area contributed by atoms with Gasteiger partial charge in [0, 0.05) is 23.7 Å². The summed E-state index contributed by atoms with van der Waals surface area (Å²) in [5, 5.41) is 3.92. The van der Waals surface area contributed by atoms with Gasteiger partial charge in [0.05, 0.1) is 11.6 Å². The van der Waals surface area contributed by atoms with Gasteiger partial charge in [0.1, 0.15) is 5.75 Å². The molecular formula is C18H21Cl3N2O2. The summed E-state index contributed by atoms with van der Waals surface area (Å²) >= 11 is 11.8. The average Bonchev–Trinajstić information content (AvgIpc) is 2.55. The van der Waals surface area contributed by atoms with E-state index >= 15 is 0 Å². The zero-order valence-electron chi connectivity index (χ0n) is 13.6. The number of anilines is 1. The molecule has 0 fully saturated rings. The van der Waals surface area contributed by atoms with Crippen LogP contribution in [0, 0.1) is 0 Å². The predicted octanol–water partition coefficient (Wildman–Crippen LogP) is 4.52. The third-order valence-corrected chi connectivity index (χ3v) is 4.00. The second kappa shape index (κ2) is 11.1. The maximum absolute atomic E-state index is 11.8. The van der Waals surface area contributed by atoms with Crippen LogP contribution in [0.1, 0.15) is 18.4 Å². The highest BCUT2D eigenvalue weighted by molar-refractivity contribution is 6.35. The molecule has 0 radical (unpaired) electrons. The highest BCUT2D eigenvalue weighted by Crippen LogP contribution is 2.27. The molecule has 0 atom stereocenters. The monoisotopic (exact) mass is 402 g/mol. The number of carbonyl (C=O) groups is 1. The summed E-state index contributed by atoms with van der Waals surface area (Å²) in [5.41, 5.74) is 7.57. The zero-order chi connectivity index (χ0) is 17.4. The summed E-state index contributed by atoms with van der Waals surface area (Å²) in [6.07, 6.45) is 1.74. The first-order valence-corrected chi connectivity index (χ1v) is 8.50. The van der Waals surface area contributed by atoms with E-state index in [1.807, 2.05) is 24.3 Å². The van der Waals surface area contributed by atoms with Crippen molar-refractivity contribution in [2.24, 2.45) is 0 Å². The number of para-hydroxylation sites is 1. The number of hydrogen-bond donors (Lipinski definition) is 2. The minimum absolute atomic E-state index is 0. The summed E-state index contributed by atoms with van der Waals surface area (Å²) in [6.45, 7) is 1.02. The molecule has 0 saturated heterocycles. The van der Waals surface area contributed by atoms with E-state index in [-0.39, 0.29) is 18.3 Å². The number of aryl methyl sites for hydroxylation is 1. The van der Waals surface area contributed by atoms with E-state index in [1.54, 1.807) is 18.2 Å². The van der Waals surface area contributed by atoms with Crippen molar-refractivity contribution in [3.05, 3.63) is 58.1 Å². The van der Waals surface area contributed by atoms with Crippen LogP contribution < -0.4 is 15.8 Å². The van der Waals surface area contributed by atoms with Crippen molar-refractivity contribution in [1.82, 2.24) is 5.32 Å². The Morgan fingerprint density at radius 1 is 1.16 bits per heavy atom. The van der Waals surface area contributed by atoms with Crippen LogP contribution in [0.3, 0.4) is 0 Å². The van der Waals surface area contributed by atoms with E-state index < -0.39 is 0 Å². The molecule has 0 aliphatic rings. The van der Waals surface area contributed by atoms with Gasteiger partial charge in [-0.15, -0.1) is 12.4 Å². The minimum atomic E-state index is 0. The maximum atomic E-state index is 11.8. The Labute approximate surface area is 164 Å². The lowest BCUT2D eigenvalue weighted by Crippen LogP contribution is -2.25. The number of nitrogens with two attached hydrogens (primary N) is 1. The Hall–Kier alpha value is -1.62. The molecule has 0 bridgehead atoms. The smallest absolute Gasteiger partial charge is 0.220 e. The summed E-state index contributed by atoms with van der Waals surface area (Å²) in [4.78, 5) is 11.8. The van der Waals surface area contributed by atoms with Crippen molar-refractivity contribution in [2.75, 3.05) is 18.9 Å². The standard InChI is InChI=1S/C18H20Cl2N2O2.ClH/c19-14-7-8-17(15(20)12-14)24-11-3-10-22-18(23)9-6-13-4-1-2-5-16(13)21;/h1-2,4-5,7-8,12H,3,6,9-11,21H2,(H,22,23);1H. The molecule has 0 unspecified atom stereocenters. The Bertz CT molecular complexity index is 696. The number of nitrogen functional groups attached to an aromatic ring is 1. The van der Waals surface area contributed by atoms with Crippen molar-refractivity contribution in [3.63, 3.8) is 0 Å². The molecule has 0 aliphatic carbocycles. The van der Waals surface area contributed by atoms with Crippen molar-refractivity contribution in [3.8, 4) is 5.75 Å². The van der Waals surface area contributed by atoms with E-state index in [2.05, 4.69) is 5.32 Å². The molecule has 25 heavy (non-hydrogen) atoms. The quantitative estimate of drug-likeness (QED) is 0.503. The molecule has 0 saturated carbocycles. The second-order valence-corrected chi connectivity index (χ2v) is 6.17. The first-order chi connectivity index (χ1) is 11.6. The second-order valence-electron chi connectivity index (χ2n) is 5.33. The normalized spacial score (nSPS) is 10.0. The SMILES string of the molecule is Cl.Nc1ccccc1CCC(=O)NCCCOc1ccc(Cl)cc1Cl. The van der Waals surface area contributed by atoms with Gasteiger partial charge in [-0.2, -0.15) is 0 Å². The Morgan fingerprint density at radius 2 is 1.92 bits per heavy atom. The highest BCUT2D eigenvalue weighted by atomic mass is 35.5. The number of amides is 1. The number of carbonyl (C=O) groups excluding carboxylic acids is 1. The molecule has 1 amide bonds. The van der Waals surface area contributed by atoms with Gasteiger partial charge in [-0.3, -0.25) is 4.79 Å². The van der Waals surface area contributed by atoms with Crippen molar-refractivity contribution >= 4 is 47.2 Å². The fraction of sp³-hybridized carbons (Fsp3) is 0.278. The predicted molar refractivity (Wildman–Crippen MR) is 106 cm³/mol. The Kier molecular flexibility index (Phi) is 9.50. The molecule has 3 N–H and O–H groups in total. The molecule has 2 aromatic carbocycles. The van der Waals surface area contributed by atoms with E-state index in [0.717, 1.165) is 11.3 Å². The zero-order valence-corrected chi connectivity index (χ0v) is 16.0. The molecule has 7 heteroatoms. The number of benzene rings is 2. The Morgan fingerprint density at radius 3 is 2.64 bits per heavy atom. The molecule has 2 aromatic rings. The molecule has 2 rings (SSSR count). The average molecular weight is 404 g/mol.